The summed E-state index contributed by atoms with van der Waals surface area (Å²) in [6.45, 7) is 5.52. The average molecular weight is 432 g/mol. The van der Waals surface area contributed by atoms with Crippen molar-refractivity contribution in [3.05, 3.63) is 47.3 Å². The van der Waals surface area contributed by atoms with Crippen molar-refractivity contribution < 1.29 is 4.39 Å². The number of aromatic nitrogens is 3. The zero-order valence-corrected chi connectivity index (χ0v) is 15.8. The zero-order chi connectivity index (χ0) is 15.9. The molecule has 0 aliphatic heterocycles. The van der Waals surface area contributed by atoms with Crippen molar-refractivity contribution in [3.8, 4) is 0 Å². The number of guanidine groups is 1. The van der Waals surface area contributed by atoms with Crippen molar-refractivity contribution in [2.45, 2.75) is 26.9 Å². The van der Waals surface area contributed by atoms with Crippen LogP contribution in [0, 0.1) is 12.7 Å². The third kappa shape index (κ3) is 5.77. The summed E-state index contributed by atoms with van der Waals surface area (Å²) in [6.07, 6.45) is 1.66. The van der Waals surface area contributed by atoms with Crippen LogP contribution in [0.4, 0.5) is 4.39 Å². The van der Waals surface area contributed by atoms with E-state index in [0.717, 1.165) is 17.9 Å². The van der Waals surface area contributed by atoms with Crippen LogP contribution < -0.4 is 10.6 Å². The minimum Gasteiger partial charge on any atom is -0.357 e. The zero-order valence-electron chi connectivity index (χ0n) is 13.5. The van der Waals surface area contributed by atoms with Crippen LogP contribution in [0.3, 0.4) is 0 Å². The van der Waals surface area contributed by atoms with E-state index in [4.69, 9.17) is 0 Å². The molecule has 2 N–H and O–H groups in total. The molecular weight excluding hydrogens is 410 g/mol. The molecule has 0 aliphatic rings. The molecule has 0 saturated carbocycles. The van der Waals surface area contributed by atoms with Gasteiger partial charge in [-0.15, -0.1) is 34.2 Å². The Morgan fingerprint density at radius 1 is 1.35 bits per heavy atom. The van der Waals surface area contributed by atoms with Crippen molar-refractivity contribution in [1.82, 2.24) is 25.4 Å². The van der Waals surface area contributed by atoms with Gasteiger partial charge < -0.3 is 15.2 Å². The average Bonchev–Trinajstić information content (AvgIpc) is 2.91. The Labute approximate surface area is 152 Å². The molecular formula is C15H22FIN6. The number of nitrogens with one attached hydrogen (secondary N) is 2. The fourth-order valence-corrected chi connectivity index (χ4v) is 1.95. The second-order valence-electron chi connectivity index (χ2n) is 4.99. The van der Waals surface area contributed by atoms with E-state index in [1.54, 1.807) is 19.3 Å². The summed E-state index contributed by atoms with van der Waals surface area (Å²) in [4.78, 5) is 4.50. The number of hydrogen-bond acceptors (Lipinski definition) is 3. The first kappa shape index (κ1) is 19.3. The minimum atomic E-state index is -0.194. The highest BCUT2D eigenvalue weighted by Crippen LogP contribution is 2.10. The maximum atomic E-state index is 13.3. The van der Waals surface area contributed by atoms with Gasteiger partial charge in [0, 0.05) is 13.6 Å². The predicted molar refractivity (Wildman–Crippen MR) is 99.2 cm³/mol. The summed E-state index contributed by atoms with van der Waals surface area (Å²) in [5.74, 6) is 1.32. The SMILES string of the molecule is CCNC(=NCc1ccc(F)c(C)c1)NCc1nncn1C.I. The lowest BCUT2D eigenvalue weighted by molar-refractivity contribution is 0.617. The Morgan fingerprint density at radius 2 is 2.13 bits per heavy atom. The molecule has 0 unspecified atom stereocenters. The van der Waals surface area contributed by atoms with E-state index >= 15 is 0 Å². The van der Waals surface area contributed by atoms with Crippen molar-refractivity contribution in [1.29, 1.82) is 0 Å². The van der Waals surface area contributed by atoms with Gasteiger partial charge in [0.1, 0.15) is 12.1 Å². The molecule has 0 amide bonds. The van der Waals surface area contributed by atoms with Crippen molar-refractivity contribution in [2.24, 2.45) is 12.0 Å². The first-order valence-corrected chi connectivity index (χ1v) is 7.20. The Kier molecular flexibility index (Phi) is 7.93. The quantitative estimate of drug-likeness (QED) is 0.432. The number of halogens is 2. The number of aryl methyl sites for hydroxylation is 2. The highest BCUT2D eigenvalue weighted by Gasteiger charge is 2.03. The number of nitrogens with zero attached hydrogens (tertiary/aromatic N) is 4. The number of aliphatic imine (C=N–C) groups is 1. The topological polar surface area (TPSA) is 67.1 Å². The van der Waals surface area contributed by atoms with Crippen LogP contribution in [0.15, 0.2) is 29.5 Å². The Bertz CT molecular complexity index is 655. The summed E-state index contributed by atoms with van der Waals surface area (Å²) in [6, 6.07) is 5.03. The van der Waals surface area contributed by atoms with Crippen molar-refractivity contribution in [2.75, 3.05) is 6.54 Å². The Hall–Kier alpha value is -1.71. The Morgan fingerprint density at radius 3 is 2.74 bits per heavy atom. The van der Waals surface area contributed by atoms with E-state index in [1.165, 1.54) is 6.07 Å². The molecule has 2 rings (SSSR count). The van der Waals surface area contributed by atoms with Crippen LogP contribution in [0.2, 0.25) is 0 Å². The molecule has 0 radical (unpaired) electrons. The standard InChI is InChI=1S/C15H21FN6.HI/c1-4-17-15(19-9-14-21-20-10-22(14)3)18-8-12-5-6-13(16)11(2)7-12;/h5-7,10H,4,8-9H2,1-3H3,(H2,17,18,19);1H. The molecule has 0 fully saturated rings. The maximum Gasteiger partial charge on any atom is 0.191 e. The lowest BCUT2D eigenvalue weighted by atomic mass is 10.1. The molecule has 8 heteroatoms. The van der Waals surface area contributed by atoms with Gasteiger partial charge in [-0.25, -0.2) is 9.38 Å². The molecule has 23 heavy (non-hydrogen) atoms. The first-order valence-electron chi connectivity index (χ1n) is 7.20. The third-order valence-corrected chi connectivity index (χ3v) is 3.21. The van der Waals surface area contributed by atoms with Crippen LogP contribution in [0.1, 0.15) is 23.9 Å². The van der Waals surface area contributed by atoms with Crippen molar-refractivity contribution in [3.63, 3.8) is 0 Å². The smallest absolute Gasteiger partial charge is 0.191 e. The monoisotopic (exact) mass is 432 g/mol. The summed E-state index contributed by atoms with van der Waals surface area (Å²) in [7, 11) is 1.89. The van der Waals surface area contributed by atoms with E-state index in [-0.39, 0.29) is 29.8 Å². The number of hydrogen-bond donors (Lipinski definition) is 2. The van der Waals surface area contributed by atoms with Crippen LogP contribution in [-0.4, -0.2) is 27.3 Å². The molecule has 0 atom stereocenters. The molecule has 126 valence electrons. The molecule has 0 saturated heterocycles. The first-order chi connectivity index (χ1) is 10.6. The summed E-state index contributed by atoms with van der Waals surface area (Å²) < 4.78 is 15.1. The van der Waals surface area contributed by atoms with Crippen LogP contribution in [-0.2, 0) is 20.1 Å². The van der Waals surface area contributed by atoms with Gasteiger partial charge in [-0.1, -0.05) is 12.1 Å². The van der Waals surface area contributed by atoms with E-state index in [2.05, 4.69) is 25.8 Å². The third-order valence-electron chi connectivity index (χ3n) is 3.21. The normalized spacial score (nSPS) is 11.0. The molecule has 1 aromatic carbocycles. The molecule has 0 spiro atoms. The Balaban J connectivity index is 0.00000264. The fourth-order valence-electron chi connectivity index (χ4n) is 1.95. The summed E-state index contributed by atoms with van der Waals surface area (Å²) in [5, 5.41) is 14.2. The number of rotatable bonds is 5. The largest absolute Gasteiger partial charge is 0.357 e. The predicted octanol–water partition coefficient (Wildman–Crippen LogP) is 2.14. The van der Waals surface area contributed by atoms with E-state index in [9.17, 15) is 4.39 Å². The summed E-state index contributed by atoms with van der Waals surface area (Å²) in [5.41, 5.74) is 1.60. The minimum absolute atomic E-state index is 0. The fraction of sp³-hybridized carbons (Fsp3) is 0.400. The lowest BCUT2D eigenvalue weighted by Gasteiger charge is -2.11. The summed E-state index contributed by atoms with van der Waals surface area (Å²) >= 11 is 0. The molecule has 6 nitrogen and oxygen atoms in total. The second kappa shape index (κ2) is 9.43. The lowest BCUT2D eigenvalue weighted by Crippen LogP contribution is -2.37. The van der Waals surface area contributed by atoms with Gasteiger partial charge in [-0.2, -0.15) is 0 Å². The van der Waals surface area contributed by atoms with Crippen LogP contribution in [0.25, 0.3) is 0 Å². The molecule has 0 bridgehead atoms. The van der Waals surface area contributed by atoms with Gasteiger partial charge in [-0.05, 0) is 31.0 Å². The second-order valence-corrected chi connectivity index (χ2v) is 4.99. The van der Waals surface area contributed by atoms with Gasteiger partial charge in [0.15, 0.2) is 11.8 Å². The van der Waals surface area contributed by atoms with Gasteiger partial charge in [-0.3, -0.25) is 0 Å². The van der Waals surface area contributed by atoms with Gasteiger partial charge in [0.2, 0.25) is 0 Å². The van der Waals surface area contributed by atoms with Gasteiger partial charge in [0.25, 0.3) is 0 Å². The molecule has 1 heterocycles. The van der Waals surface area contributed by atoms with Gasteiger partial charge >= 0.3 is 0 Å². The molecule has 0 aliphatic carbocycles. The highest BCUT2D eigenvalue weighted by atomic mass is 127. The number of benzene rings is 1. The molecule has 1 aromatic heterocycles. The maximum absolute atomic E-state index is 13.3. The van der Waals surface area contributed by atoms with E-state index in [0.29, 0.717) is 24.6 Å². The van der Waals surface area contributed by atoms with E-state index in [1.807, 2.05) is 24.6 Å². The molecule has 2 aromatic rings. The van der Waals surface area contributed by atoms with Crippen LogP contribution >= 0.6 is 24.0 Å². The highest BCUT2D eigenvalue weighted by molar-refractivity contribution is 14.0. The van der Waals surface area contributed by atoms with Gasteiger partial charge in [0.05, 0.1) is 13.1 Å². The van der Waals surface area contributed by atoms with Crippen molar-refractivity contribution >= 4 is 29.9 Å². The van der Waals surface area contributed by atoms with Crippen LogP contribution in [0.5, 0.6) is 0 Å². The van der Waals surface area contributed by atoms with E-state index < -0.39 is 0 Å².